The fraction of sp³-hybridized carbons (Fsp3) is 0.286. The summed E-state index contributed by atoms with van der Waals surface area (Å²) in [6.07, 6.45) is -0.385. The number of hydrogen-bond donors (Lipinski definition) is 3. The largest absolute Gasteiger partial charge is 0.504 e. The van der Waals surface area contributed by atoms with Gasteiger partial charge in [-0.3, -0.25) is 10.3 Å². The van der Waals surface area contributed by atoms with E-state index in [0.29, 0.717) is 24.4 Å². The van der Waals surface area contributed by atoms with Crippen LogP contribution in [0.4, 0.5) is 10.5 Å². The van der Waals surface area contributed by atoms with E-state index in [9.17, 15) is 9.90 Å². The molecule has 5 rings (SSSR count). The highest BCUT2D eigenvalue weighted by molar-refractivity contribution is 6.16. The Kier molecular flexibility index (Phi) is 4.93. The lowest BCUT2D eigenvalue weighted by Gasteiger charge is -2.33. The van der Waals surface area contributed by atoms with E-state index in [2.05, 4.69) is 31.3 Å². The number of carbonyl (C=O) groups is 1. The molecule has 3 N–H and O–H groups in total. The van der Waals surface area contributed by atoms with Crippen molar-refractivity contribution >= 4 is 17.5 Å². The van der Waals surface area contributed by atoms with Crippen molar-refractivity contribution < 1.29 is 19.7 Å². The first-order valence-corrected chi connectivity index (χ1v) is 11.4. The molecule has 0 unspecified atom stereocenters. The highest BCUT2D eigenvalue weighted by atomic mass is 16.5. The van der Waals surface area contributed by atoms with Crippen LogP contribution in [0.3, 0.4) is 0 Å². The Morgan fingerprint density at radius 3 is 2.41 bits per heavy atom. The fourth-order valence-corrected chi connectivity index (χ4v) is 4.92. The molecular formula is C28H28N2O4. The van der Waals surface area contributed by atoms with Gasteiger partial charge in [0.1, 0.15) is 5.60 Å². The summed E-state index contributed by atoms with van der Waals surface area (Å²) in [4.78, 5) is 15.9. The highest BCUT2D eigenvalue weighted by Gasteiger charge is 2.40. The molecule has 174 valence electrons. The number of aliphatic imine (C=N–C) groups is 1. The van der Waals surface area contributed by atoms with Crippen LogP contribution in [0.1, 0.15) is 49.9 Å². The number of carboxylic acid groups (broad SMARTS) is 1. The van der Waals surface area contributed by atoms with Crippen LogP contribution in [0.15, 0.2) is 59.6 Å². The van der Waals surface area contributed by atoms with Gasteiger partial charge in [0.05, 0.1) is 5.71 Å². The van der Waals surface area contributed by atoms with Gasteiger partial charge in [-0.1, -0.05) is 44.2 Å². The Balaban J connectivity index is 1.60. The van der Waals surface area contributed by atoms with Crippen molar-refractivity contribution in [1.82, 2.24) is 0 Å². The third-order valence-corrected chi connectivity index (χ3v) is 6.54. The molecule has 2 aliphatic heterocycles. The van der Waals surface area contributed by atoms with Crippen LogP contribution in [0.5, 0.6) is 11.5 Å². The molecule has 0 radical (unpaired) electrons. The molecule has 2 heterocycles. The number of benzene rings is 3. The Labute approximate surface area is 198 Å². The summed E-state index contributed by atoms with van der Waals surface area (Å²) in [6, 6.07) is 17.4. The number of ether oxygens (including phenoxy) is 1. The third kappa shape index (κ3) is 3.79. The highest BCUT2D eigenvalue weighted by Crippen LogP contribution is 2.49. The zero-order valence-electron chi connectivity index (χ0n) is 19.8. The number of amides is 1. The van der Waals surface area contributed by atoms with Gasteiger partial charge in [-0.15, -0.1) is 0 Å². The second kappa shape index (κ2) is 7.62. The van der Waals surface area contributed by atoms with Gasteiger partial charge in [0.15, 0.2) is 11.5 Å². The van der Waals surface area contributed by atoms with E-state index < -0.39 is 11.7 Å². The van der Waals surface area contributed by atoms with Crippen molar-refractivity contribution in [1.29, 1.82) is 0 Å². The van der Waals surface area contributed by atoms with Crippen LogP contribution in [-0.4, -0.2) is 34.2 Å². The summed E-state index contributed by atoms with van der Waals surface area (Å²) < 4.78 is 6.12. The van der Waals surface area contributed by atoms with Crippen molar-refractivity contribution in [3.8, 4) is 22.6 Å². The van der Waals surface area contributed by atoms with Gasteiger partial charge in [-0.2, -0.15) is 0 Å². The standard InChI is InChI=1S/C28H28N2O4/c1-27(2)15-29-24(23-20-14-28(3,4)34-25(20)22(31)13-21(23)27)18-7-5-6-17(12-18)16-8-10-19(11-9-16)30-26(32)33/h5-13,30-31H,14-15H2,1-4H3,(H,32,33). The molecule has 0 fully saturated rings. The number of rotatable bonds is 3. The van der Waals surface area contributed by atoms with Crippen LogP contribution in [-0.2, 0) is 11.8 Å². The van der Waals surface area contributed by atoms with Crippen molar-refractivity contribution in [2.24, 2.45) is 4.99 Å². The number of fused-ring (bicyclic) bond motifs is 3. The normalized spacial score (nSPS) is 17.2. The number of phenolic OH excluding ortho intramolecular Hbond substituents is 1. The third-order valence-electron chi connectivity index (χ3n) is 6.54. The SMILES string of the molecule is CC1(C)Cc2c(c(O)cc3c2C(c2cccc(-c4ccc(NC(=O)O)cc4)c2)=NCC3(C)C)O1. The Bertz CT molecular complexity index is 1340. The Hall–Kier alpha value is -3.80. The molecule has 6 heteroatoms. The average Bonchev–Trinajstić information content (AvgIpc) is 3.11. The van der Waals surface area contributed by atoms with E-state index in [-0.39, 0.29) is 11.2 Å². The smallest absolute Gasteiger partial charge is 0.409 e. The summed E-state index contributed by atoms with van der Waals surface area (Å²) in [5, 5.41) is 22.1. The molecule has 3 aromatic carbocycles. The zero-order valence-corrected chi connectivity index (χ0v) is 19.8. The molecule has 0 saturated carbocycles. The quantitative estimate of drug-likeness (QED) is 0.451. The van der Waals surface area contributed by atoms with Gasteiger partial charge < -0.3 is 14.9 Å². The van der Waals surface area contributed by atoms with Crippen molar-refractivity contribution in [3.63, 3.8) is 0 Å². The fourth-order valence-electron chi connectivity index (χ4n) is 4.92. The molecule has 2 aliphatic rings. The lowest BCUT2D eigenvalue weighted by molar-refractivity contribution is 0.134. The van der Waals surface area contributed by atoms with Gasteiger partial charge >= 0.3 is 6.09 Å². The molecule has 0 atom stereocenters. The molecule has 1 amide bonds. The summed E-state index contributed by atoms with van der Waals surface area (Å²) in [7, 11) is 0. The minimum atomic E-state index is -1.09. The monoisotopic (exact) mass is 456 g/mol. The maximum absolute atomic E-state index is 10.9. The molecule has 3 aromatic rings. The molecule has 0 aliphatic carbocycles. The van der Waals surface area contributed by atoms with Crippen molar-refractivity contribution in [2.45, 2.75) is 45.1 Å². The van der Waals surface area contributed by atoms with Crippen LogP contribution < -0.4 is 10.1 Å². The van der Waals surface area contributed by atoms with E-state index in [1.54, 1.807) is 12.1 Å². The van der Waals surface area contributed by atoms with Gasteiger partial charge in [-0.25, -0.2) is 4.79 Å². The van der Waals surface area contributed by atoms with Crippen LogP contribution >= 0.6 is 0 Å². The number of phenols is 1. The van der Waals surface area contributed by atoms with E-state index >= 15 is 0 Å². The molecule has 0 saturated heterocycles. The number of anilines is 1. The van der Waals surface area contributed by atoms with Crippen molar-refractivity contribution in [3.05, 3.63) is 76.9 Å². The number of nitrogens with zero attached hydrogens (tertiary/aromatic N) is 1. The molecule has 0 spiro atoms. The van der Waals surface area contributed by atoms with Crippen LogP contribution in [0.25, 0.3) is 11.1 Å². The minimum Gasteiger partial charge on any atom is -0.504 e. The predicted octanol–water partition coefficient (Wildman–Crippen LogP) is 5.99. The summed E-state index contributed by atoms with van der Waals surface area (Å²) in [6.45, 7) is 9.00. The van der Waals surface area contributed by atoms with E-state index in [1.807, 2.05) is 44.2 Å². The first kappa shape index (κ1) is 22.0. The van der Waals surface area contributed by atoms with Gasteiger partial charge in [0, 0.05) is 40.8 Å². The second-order valence-corrected chi connectivity index (χ2v) is 10.3. The molecule has 0 aromatic heterocycles. The van der Waals surface area contributed by atoms with Gasteiger partial charge in [0.25, 0.3) is 0 Å². The molecule has 6 nitrogen and oxygen atoms in total. The van der Waals surface area contributed by atoms with Crippen LogP contribution in [0.2, 0.25) is 0 Å². The van der Waals surface area contributed by atoms with Crippen LogP contribution in [0, 0.1) is 0 Å². The lowest BCUT2D eigenvalue weighted by atomic mass is 9.74. The first-order valence-electron chi connectivity index (χ1n) is 11.4. The zero-order chi connectivity index (χ0) is 24.3. The van der Waals surface area contributed by atoms with Gasteiger partial charge in [0.2, 0.25) is 0 Å². The number of nitrogens with one attached hydrogen (secondary N) is 1. The van der Waals surface area contributed by atoms with E-state index in [4.69, 9.17) is 14.8 Å². The van der Waals surface area contributed by atoms with E-state index in [0.717, 1.165) is 39.1 Å². The topological polar surface area (TPSA) is 91.2 Å². The minimum absolute atomic E-state index is 0.192. The molecule has 0 bridgehead atoms. The maximum atomic E-state index is 10.9. The number of aromatic hydroxyl groups is 1. The summed E-state index contributed by atoms with van der Waals surface area (Å²) in [5.41, 5.74) is 7.00. The van der Waals surface area contributed by atoms with Gasteiger partial charge in [-0.05, 0) is 54.8 Å². The predicted molar refractivity (Wildman–Crippen MR) is 134 cm³/mol. The van der Waals surface area contributed by atoms with E-state index in [1.165, 1.54) is 0 Å². The Morgan fingerprint density at radius 2 is 1.71 bits per heavy atom. The molecule has 34 heavy (non-hydrogen) atoms. The second-order valence-electron chi connectivity index (χ2n) is 10.3. The average molecular weight is 457 g/mol. The number of hydrogen-bond acceptors (Lipinski definition) is 4. The lowest BCUT2D eigenvalue weighted by Crippen LogP contribution is -2.31. The Morgan fingerprint density at radius 1 is 1.00 bits per heavy atom. The maximum Gasteiger partial charge on any atom is 0.409 e. The molecular weight excluding hydrogens is 428 g/mol. The van der Waals surface area contributed by atoms with Crippen molar-refractivity contribution in [2.75, 3.05) is 11.9 Å². The summed E-state index contributed by atoms with van der Waals surface area (Å²) >= 11 is 0. The summed E-state index contributed by atoms with van der Waals surface area (Å²) in [5.74, 6) is 0.754. The first-order chi connectivity index (χ1) is 16.0.